The van der Waals surface area contributed by atoms with Gasteiger partial charge in [0.2, 0.25) is 11.8 Å². The van der Waals surface area contributed by atoms with E-state index in [1.165, 1.54) is 4.90 Å². The van der Waals surface area contributed by atoms with E-state index in [1.54, 1.807) is 13.1 Å². The minimum Gasteiger partial charge on any atom is -0.352 e. The van der Waals surface area contributed by atoms with Gasteiger partial charge >= 0.3 is 0 Å². The van der Waals surface area contributed by atoms with Crippen LogP contribution in [0.3, 0.4) is 0 Å². The molecule has 2 N–H and O–H groups in total. The monoisotopic (exact) mass is 417 g/mol. The minimum absolute atomic E-state index is 0.0504. The number of aryl methyl sites for hydroxylation is 2. The quantitative estimate of drug-likeness (QED) is 0.616. The molecule has 0 unspecified atom stereocenters. The third-order valence-electron chi connectivity index (χ3n) is 5.19. The molecule has 0 aliphatic rings. The molecule has 3 aromatic carbocycles. The van der Waals surface area contributed by atoms with Crippen molar-refractivity contribution in [3.05, 3.63) is 77.4 Å². The van der Waals surface area contributed by atoms with Crippen molar-refractivity contribution in [2.75, 3.05) is 25.5 Å². The van der Waals surface area contributed by atoms with Crippen LogP contribution in [-0.2, 0) is 9.59 Å². The fourth-order valence-electron chi connectivity index (χ4n) is 3.40. The first kappa shape index (κ1) is 22.0. The van der Waals surface area contributed by atoms with Crippen LogP contribution in [-0.4, -0.2) is 42.8 Å². The molecule has 3 rings (SSSR count). The molecule has 3 aromatic rings. The number of rotatable bonds is 7. The molecule has 0 saturated carbocycles. The summed E-state index contributed by atoms with van der Waals surface area (Å²) in [5.41, 5.74) is 3.26. The first-order chi connectivity index (χ1) is 14.8. The van der Waals surface area contributed by atoms with Crippen LogP contribution in [0.15, 0.2) is 60.7 Å². The number of anilines is 1. The zero-order valence-electron chi connectivity index (χ0n) is 18.1. The van der Waals surface area contributed by atoms with Crippen molar-refractivity contribution in [3.63, 3.8) is 0 Å². The van der Waals surface area contributed by atoms with Crippen molar-refractivity contribution in [2.45, 2.75) is 20.3 Å². The van der Waals surface area contributed by atoms with Crippen molar-refractivity contribution in [3.8, 4) is 0 Å². The fourth-order valence-corrected chi connectivity index (χ4v) is 3.40. The molecule has 0 spiro atoms. The van der Waals surface area contributed by atoms with Gasteiger partial charge in [0, 0.05) is 31.3 Å². The number of amides is 3. The van der Waals surface area contributed by atoms with E-state index in [4.69, 9.17) is 0 Å². The van der Waals surface area contributed by atoms with Gasteiger partial charge in [-0.15, -0.1) is 0 Å². The summed E-state index contributed by atoms with van der Waals surface area (Å²) < 4.78 is 0. The molecule has 0 fully saturated rings. The summed E-state index contributed by atoms with van der Waals surface area (Å²) in [6.07, 6.45) is 0.118. The molecule has 3 amide bonds. The van der Waals surface area contributed by atoms with Gasteiger partial charge in [0.05, 0.1) is 6.54 Å². The number of likely N-dealkylation sites (N-methyl/N-ethyl adjacent to an activating group) is 1. The average Bonchev–Trinajstić information content (AvgIpc) is 2.75. The van der Waals surface area contributed by atoms with Gasteiger partial charge in [-0.2, -0.15) is 0 Å². The highest BCUT2D eigenvalue weighted by Crippen LogP contribution is 2.19. The molecular weight excluding hydrogens is 390 g/mol. The van der Waals surface area contributed by atoms with Crippen molar-refractivity contribution >= 4 is 34.2 Å². The molecule has 0 aromatic heterocycles. The van der Waals surface area contributed by atoms with Crippen LogP contribution in [0.4, 0.5) is 5.69 Å². The van der Waals surface area contributed by atoms with Crippen LogP contribution < -0.4 is 10.6 Å². The molecule has 6 heteroatoms. The number of nitrogens with one attached hydrogen (secondary N) is 2. The molecule has 0 saturated heterocycles. The Balaban J connectivity index is 1.47. The normalized spacial score (nSPS) is 10.5. The molecular formula is C25H27N3O3. The Bertz CT molecular complexity index is 1100. The first-order valence-corrected chi connectivity index (χ1v) is 10.2. The number of benzene rings is 3. The van der Waals surface area contributed by atoms with Gasteiger partial charge in [-0.25, -0.2) is 0 Å². The summed E-state index contributed by atoms with van der Waals surface area (Å²) >= 11 is 0. The number of para-hydroxylation sites is 1. The van der Waals surface area contributed by atoms with Crippen LogP contribution in [0.1, 0.15) is 27.9 Å². The second-order valence-electron chi connectivity index (χ2n) is 7.63. The van der Waals surface area contributed by atoms with Crippen LogP contribution >= 0.6 is 0 Å². The smallest absolute Gasteiger partial charge is 0.251 e. The van der Waals surface area contributed by atoms with Gasteiger partial charge in [0.25, 0.3) is 5.91 Å². The number of fused-ring (bicyclic) bond motifs is 1. The maximum absolute atomic E-state index is 12.4. The van der Waals surface area contributed by atoms with E-state index in [2.05, 4.69) is 10.6 Å². The van der Waals surface area contributed by atoms with Gasteiger partial charge in [0.15, 0.2) is 0 Å². The van der Waals surface area contributed by atoms with Gasteiger partial charge in [-0.05, 0) is 47.9 Å². The Kier molecular flexibility index (Phi) is 7.03. The van der Waals surface area contributed by atoms with E-state index >= 15 is 0 Å². The zero-order valence-corrected chi connectivity index (χ0v) is 18.1. The molecule has 0 heterocycles. The van der Waals surface area contributed by atoms with Crippen molar-refractivity contribution in [1.29, 1.82) is 0 Å². The molecule has 6 nitrogen and oxygen atoms in total. The Morgan fingerprint density at radius 1 is 0.871 bits per heavy atom. The predicted molar refractivity (Wildman–Crippen MR) is 123 cm³/mol. The van der Waals surface area contributed by atoms with Gasteiger partial charge < -0.3 is 15.5 Å². The Morgan fingerprint density at radius 2 is 1.55 bits per heavy atom. The largest absolute Gasteiger partial charge is 0.352 e. The standard InChI is InChI=1S/C25H27N3O3/c1-17-7-6-8-18(2)24(17)27-22(29)16-28(3)23(30)13-14-26-25(31)21-12-11-19-9-4-5-10-20(19)15-21/h4-12,15H,13-14,16H2,1-3H3,(H,26,31)(H,27,29). The van der Waals surface area contributed by atoms with Gasteiger partial charge in [-0.1, -0.05) is 48.5 Å². The van der Waals surface area contributed by atoms with Crippen molar-refractivity contribution < 1.29 is 14.4 Å². The van der Waals surface area contributed by atoms with E-state index < -0.39 is 0 Å². The Hall–Kier alpha value is -3.67. The topological polar surface area (TPSA) is 78.5 Å². The lowest BCUT2D eigenvalue weighted by molar-refractivity contribution is -0.133. The maximum Gasteiger partial charge on any atom is 0.251 e. The predicted octanol–water partition coefficient (Wildman–Crippen LogP) is 3.67. The van der Waals surface area contributed by atoms with Crippen LogP contribution in [0.25, 0.3) is 10.8 Å². The van der Waals surface area contributed by atoms with Crippen LogP contribution in [0.2, 0.25) is 0 Å². The number of hydrogen-bond donors (Lipinski definition) is 2. The maximum atomic E-state index is 12.4. The van der Waals surface area contributed by atoms with E-state index in [0.29, 0.717) is 5.56 Å². The highest BCUT2D eigenvalue weighted by molar-refractivity contribution is 5.99. The fraction of sp³-hybridized carbons (Fsp3) is 0.240. The number of nitrogens with zero attached hydrogens (tertiary/aromatic N) is 1. The van der Waals surface area contributed by atoms with E-state index in [1.807, 2.05) is 68.4 Å². The summed E-state index contributed by atoms with van der Waals surface area (Å²) in [6.45, 7) is 4.00. The molecule has 0 aliphatic heterocycles. The van der Waals surface area contributed by atoms with Crippen molar-refractivity contribution in [1.82, 2.24) is 10.2 Å². The summed E-state index contributed by atoms with van der Waals surface area (Å²) in [5.74, 6) is -0.696. The second kappa shape index (κ2) is 9.89. The lowest BCUT2D eigenvalue weighted by atomic mass is 10.1. The van der Waals surface area contributed by atoms with Crippen LogP contribution in [0.5, 0.6) is 0 Å². The lowest BCUT2D eigenvalue weighted by Gasteiger charge is -2.18. The van der Waals surface area contributed by atoms with Gasteiger partial charge in [0.1, 0.15) is 0 Å². The molecule has 160 valence electrons. The van der Waals surface area contributed by atoms with Crippen molar-refractivity contribution in [2.24, 2.45) is 0 Å². The molecule has 0 aliphatic carbocycles. The Morgan fingerprint density at radius 3 is 2.26 bits per heavy atom. The SMILES string of the molecule is Cc1cccc(C)c1NC(=O)CN(C)C(=O)CCNC(=O)c1ccc2ccccc2c1. The molecule has 0 bridgehead atoms. The second-order valence-corrected chi connectivity index (χ2v) is 7.63. The summed E-state index contributed by atoms with van der Waals surface area (Å²) in [6, 6.07) is 19.1. The third-order valence-corrected chi connectivity index (χ3v) is 5.19. The molecule has 31 heavy (non-hydrogen) atoms. The van der Waals surface area contributed by atoms with E-state index in [-0.39, 0.29) is 37.2 Å². The highest BCUT2D eigenvalue weighted by atomic mass is 16.2. The average molecular weight is 418 g/mol. The zero-order chi connectivity index (χ0) is 22.4. The number of hydrogen-bond acceptors (Lipinski definition) is 3. The number of carbonyl (C=O) groups excluding carboxylic acids is 3. The summed E-state index contributed by atoms with van der Waals surface area (Å²) in [4.78, 5) is 38.4. The van der Waals surface area contributed by atoms with Crippen LogP contribution in [0, 0.1) is 13.8 Å². The Labute approximate surface area is 182 Å². The summed E-state index contributed by atoms with van der Waals surface area (Å²) in [7, 11) is 1.58. The molecule has 0 radical (unpaired) electrons. The lowest BCUT2D eigenvalue weighted by Crippen LogP contribution is -2.37. The van der Waals surface area contributed by atoms with Gasteiger partial charge in [-0.3, -0.25) is 14.4 Å². The number of carbonyl (C=O) groups is 3. The van der Waals surface area contributed by atoms with E-state index in [9.17, 15) is 14.4 Å². The first-order valence-electron chi connectivity index (χ1n) is 10.2. The van der Waals surface area contributed by atoms with E-state index in [0.717, 1.165) is 27.6 Å². The minimum atomic E-state index is -0.256. The molecule has 0 atom stereocenters. The highest BCUT2D eigenvalue weighted by Gasteiger charge is 2.15. The third kappa shape index (κ3) is 5.69. The summed E-state index contributed by atoms with van der Waals surface area (Å²) in [5, 5.41) is 7.69.